The lowest BCUT2D eigenvalue weighted by molar-refractivity contribution is -0.137. The molecule has 0 radical (unpaired) electrons. The van der Waals surface area contributed by atoms with Gasteiger partial charge >= 0.3 is 18.0 Å². The largest absolute Gasteiger partial charge is 0.416 e. The average Bonchev–Trinajstić information content (AvgIpc) is 3.03. The second kappa shape index (κ2) is 8.13. The van der Waals surface area contributed by atoms with Gasteiger partial charge in [0.1, 0.15) is 0 Å². The molecule has 0 aliphatic heterocycles. The molecule has 138 valence electrons. The van der Waals surface area contributed by atoms with Gasteiger partial charge in [-0.05, 0) is 49.7 Å². The van der Waals surface area contributed by atoms with Gasteiger partial charge in [0.15, 0.2) is 5.78 Å². The van der Waals surface area contributed by atoms with E-state index in [9.17, 15) is 27.6 Å². The molecule has 9 heteroatoms. The number of nitrogens with one attached hydrogen (secondary N) is 2. The quantitative estimate of drug-likeness (QED) is 0.614. The number of halogens is 3. The normalized spacial score (nSPS) is 11.1. The Labute approximate surface area is 151 Å². The fourth-order valence-electron chi connectivity index (χ4n) is 2.01. The van der Waals surface area contributed by atoms with Crippen LogP contribution in [0.5, 0.6) is 0 Å². The molecule has 26 heavy (non-hydrogen) atoms. The molecule has 0 unspecified atom stereocenters. The van der Waals surface area contributed by atoms with Crippen molar-refractivity contribution in [3.63, 3.8) is 0 Å². The van der Waals surface area contributed by atoms with Crippen molar-refractivity contribution in [2.24, 2.45) is 0 Å². The summed E-state index contributed by atoms with van der Waals surface area (Å²) < 4.78 is 37.4. The van der Waals surface area contributed by atoms with E-state index in [0.717, 1.165) is 29.1 Å². The molecule has 0 fully saturated rings. The third kappa shape index (κ3) is 5.41. The Bertz CT molecular complexity index is 813. The van der Waals surface area contributed by atoms with Crippen LogP contribution in [-0.2, 0) is 22.2 Å². The van der Waals surface area contributed by atoms with Crippen molar-refractivity contribution < 1.29 is 27.6 Å². The summed E-state index contributed by atoms with van der Waals surface area (Å²) in [6, 6.07) is 7.25. The number of benzene rings is 1. The Morgan fingerprint density at radius 3 is 2.19 bits per heavy atom. The topological polar surface area (TPSA) is 75.3 Å². The number of hydrogen-bond acceptors (Lipinski definition) is 4. The van der Waals surface area contributed by atoms with Gasteiger partial charge < -0.3 is 10.6 Å². The minimum atomic E-state index is -4.47. The van der Waals surface area contributed by atoms with Crippen LogP contribution in [0.25, 0.3) is 0 Å². The summed E-state index contributed by atoms with van der Waals surface area (Å²) >= 11 is 1.31. The SMILES string of the molecule is CC(=O)c1ccc(CCNC(=O)C(=O)Nc2ccc(C(F)(F)F)cc2)s1. The molecule has 0 aliphatic rings. The number of carbonyl (C=O) groups excluding carboxylic acids is 3. The molecule has 0 aliphatic carbocycles. The van der Waals surface area contributed by atoms with Gasteiger partial charge in [0.2, 0.25) is 0 Å². The van der Waals surface area contributed by atoms with E-state index in [4.69, 9.17) is 0 Å². The maximum atomic E-state index is 12.5. The Morgan fingerprint density at radius 1 is 1.00 bits per heavy atom. The summed E-state index contributed by atoms with van der Waals surface area (Å²) in [6.07, 6.45) is -4.01. The van der Waals surface area contributed by atoms with Crippen molar-refractivity contribution in [3.05, 3.63) is 51.7 Å². The number of thiophene rings is 1. The molecule has 0 atom stereocenters. The van der Waals surface area contributed by atoms with Gasteiger partial charge in [-0.1, -0.05) is 0 Å². The van der Waals surface area contributed by atoms with Gasteiger partial charge in [-0.25, -0.2) is 0 Å². The fraction of sp³-hybridized carbons (Fsp3) is 0.235. The first-order valence-electron chi connectivity index (χ1n) is 7.53. The first kappa shape index (κ1) is 19.6. The molecule has 5 nitrogen and oxygen atoms in total. The van der Waals surface area contributed by atoms with E-state index in [1.807, 2.05) is 0 Å². The van der Waals surface area contributed by atoms with E-state index >= 15 is 0 Å². The lowest BCUT2D eigenvalue weighted by Crippen LogP contribution is -2.36. The van der Waals surface area contributed by atoms with Crippen molar-refractivity contribution >= 4 is 34.6 Å². The highest BCUT2D eigenvalue weighted by Gasteiger charge is 2.30. The zero-order chi connectivity index (χ0) is 19.3. The summed E-state index contributed by atoms with van der Waals surface area (Å²) in [6.45, 7) is 1.65. The molecule has 0 spiro atoms. The van der Waals surface area contributed by atoms with Crippen molar-refractivity contribution in [2.45, 2.75) is 19.5 Å². The van der Waals surface area contributed by atoms with Crippen molar-refractivity contribution in [1.82, 2.24) is 5.32 Å². The summed E-state index contributed by atoms with van der Waals surface area (Å²) in [7, 11) is 0. The Balaban J connectivity index is 1.81. The number of amides is 2. The lowest BCUT2D eigenvalue weighted by Gasteiger charge is -2.09. The van der Waals surface area contributed by atoms with Gasteiger partial charge in [0, 0.05) is 17.1 Å². The third-order valence-electron chi connectivity index (χ3n) is 3.34. The minimum Gasteiger partial charge on any atom is -0.347 e. The van der Waals surface area contributed by atoms with Crippen LogP contribution in [0.1, 0.15) is 27.0 Å². The summed E-state index contributed by atoms with van der Waals surface area (Å²) in [5, 5.41) is 4.64. The molecule has 2 aromatic rings. The van der Waals surface area contributed by atoms with Crippen molar-refractivity contribution in [1.29, 1.82) is 0 Å². The summed E-state index contributed by atoms with van der Waals surface area (Å²) in [5.41, 5.74) is -0.761. The summed E-state index contributed by atoms with van der Waals surface area (Å²) in [5.74, 6) is -1.91. The molecule has 1 aromatic heterocycles. The standard InChI is InChI=1S/C17H15F3N2O3S/c1-10(23)14-7-6-13(26-14)8-9-21-15(24)16(25)22-12-4-2-11(3-5-12)17(18,19)20/h2-7H,8-9H2,1H3,(H,21,24)(H,22,25). The van der Waals surface area contributed by atoms with E-state index in [1.54, 1.807) is 12.1 Å². The minimum absolute atomic E-state index is 0.0406. The second-order valence-electron chi connectivity index (χ2n) is 5.36. The van der Waals surface area contributed by atoms with Crippen molar-refractivity contribution in [2.75, 3.05) is 11.9 Å². The Morgan fingerprint density at radius 2 is 1.65 bits per heavy atom. The van der Waals surface area contributed by atoms with Crippen LogP contribution in [0.15, 0.2) is 36.4 Å². The smallest absolute Gasteiger partial charge is 0.347 e. The molecule has 1 heterocycles. The van der Waals surface area contributed by atoms with Gasteiger partial charge in [-0.2, -0.15) is 13.2 Å². The van der Waals surface area contributed by atoms with Crippen LogP contribution in [-0.4, -0.2) is 24.1 Å². The second-order valence-corrected chi connectivity index (χ2v) is 6.53. The molecule has 0 saturated heterocycles. The van der Waals surface area contributed by atoms with Crippen LogP contribution < -0.4 is 10.6 Å². The van der Waals surface area contributed by atoms with Crippen molar-refractivity contribution in [3.8, 4) is 0 Å². The molecule has 2 amide bonds. The van der Waals surface area contributed by atoms with E-state index in [2.05, 4.69) is 10.6 Å². The van der Waals surface area contributed by atoms with Gasteiger partial charge in [-0.15, -0.1) is 11.3 Å². The van der Waals surface area contributed by atoms with E-state index in [1.165, 1.54) is 18.3 Å². The van der Waals surface area contributed by atoms with E-state index in [0.29, 0.717) is 11.3 Å². The van der Waals surface area contributed by atoms with E-state index in [-0.39, 0.29) is 18.0 Å². The van der Waals surface area contributed by atoms with Crippen LogP contribution >= 0.6 is 11.3 Å². The molecular formula is C17H15F3N2O3S. The van der Waals surface area contributed by atoms with E-state index < -0.39 is 23.6 Å². The first-order chi connectivity index (χ1) is 12.2. The average molecular weight is 384 g/mol. The monoisotopic (exact) mass is 384 g/mol. The van der Waals surface area contributed by atoms with Gasteiger partial charge in [0.05, 0.1) is 10.4 Å². The number of carbonyl (C=O) groups is 3. The number of rotatable bonds is 5. The molecule has 1 aromatic carbocycles. The first-order valence-corrected chi connectivity index (χ1v) is 8.34. The van der Waals surface area contributed by atoms with Crippen LogP contribution in [0.4, 0.5) is 18.9 Å². The predicted molar refractivity (Wildman–Crippen MR) is 91.1 cm³/mol. The van der Waals surface area contributed by atoms with Crippen LogP contribution in [0.3, 0.4) is 0 Å². The number of ketones is 1. The Hall–Kier alpha value is -2.68. The third-order valence-corrected chi connectivity index (χ3v) is 4.59. The van der Waals surface area contributed by atoms with Gasteiger partial charge in [-0.3, -0.25) is 14.4 Å². The maximum Gasteiger partial charge on any atom is 0.416 e. The van der Waals surface area contributed by atoms with Gasteiger partial charge in [0.25, 0.3) is 0 Å². The highest BCUT2D eigenvalue weighted by Crippen LogP contribution is 2.29. The predicted octanol–water partition coefficient (Wildman–Crippen LogP) is 3.27. The van der Waals surface area contributed by atoms with Crippen LogP contribution in [0.2, 0.25) is 0 Å². The maximum absolute atomic E-state index is 12.5. The fourth-order valence-corrected chi connectivity index (χ4v) is 2.91. The lowest BCUT2D eigenvalue weighted by atomic mass is 10.2. The molecule has 0 bridgehead atoms. The molecule has 2 N–H and O–H groups in total. The zero-order valence-electron chi connectivity index (χ0n) is 13.6. The van der Waals surface area contributed by atoms with Crippen LogP contribution in [0, 0.1) is 0 Å². The number of hydrogen-bond donors (Lipinski definition) is 2. The number of alkyl halides is 3. The molecule has 0 saturated carbocycles. The Kier molecular flexibility index (Phi) is 6.14. The molecule has 2 rings (SSSR count). The highest BCUT2D eigenvalue weighted by molar-refractivity contribution is 7.14. The molecular weight excluding hydrogens is 369 g/mol. The number of Topliss-reactive ketones (excluding diaryl/α,β-unsaturated/α-hetero) is 1. The zero-order valence-corrected chi connectivity index (χ0v) is 14.5. The number of anilines is 1. The highest BCUT2D eigenvalue weighted by atomic mass is 32.1. The summed E-state index contributed by atoms with van der Waals surface area (Å²) in [4.78, 5) is 36.2.